The molecule has 0 aliphatic heterocycles. The van der Waals surface area contributed by atoms with Crippen molar-refractivity contribution in [2.24, 2.45) is 0 Å². The maximum atomic E-state index is 12.2. The molecule has 0 unspecified atom stereocenters. The Morgan fingerprint density at radius 2 is 2.08 bits per heavy atom. The fraction of sp³-hybridized carbons (Fsp3) is 0.353. The number of nitrogens with zero attached hydrogens (tertiary/aromatic N) is 4. The third-order valence-corrected chi connectivity index (χ3v) is 5.71. The molecule has 0 atom stereocenters. The number of pyridine rings is 1. The molecule has 0 saturated heterocycles. The first-order valence-electron chi connectivity index (χ1n) is 8.18. The summed E-state index contributed by atoms with van der Waals surface area (Å²) in [5.41, 5.74) is 1.55. The van der Waals surface area contributed by atoms with E-state index in [1.165, 1.54) is 22.7 Å². The summed E-state index contributed by atoms with van der Waals surface area (Å²) in [6.45, 7) is 4.27. The van der Waals surface area contributed by atoms with E-state index in [2.05, 4.69) is 39.3 Å². The molecule has 3 aromatic rings. The average Bonchev–Trinajstić information content (AvgIpc) is 3.27. The van der Waals surface area contributed by atoms with Crippen molar-refractivity contribution in [1.82, 2.24) is 20.2 Å². The zero-order valence-electron chi connectivity index (χ0n) is 14.1. The molecule has 1 N–H and O–H groups in total. The van der Waals surface area contributed by atoms with E-state index >= 15 is 0 Å². The molecule has 0 aliphatic carbocycles. The van der Waals surface area contributed by atoms with Crippen LogP contribution in [0.3, 0.4) is 0 Å². The molecule has 0 aromatic carbocycles. The molecule has 0 bridgehead atoms. The van der Waals surface area contributed by atoms with Crippen molar-refractivity contribution in [2.75, 3.05) is 5.32 Å². The van der Waals surface area contributed by atoms with Crippen molar-refractivity contribution < 1.29 is 4.79 Å². The Morgan fingerprint density at radius 3 is 2.80 bits per heavy atom. The van der Waals surface area contributed by atoms with Gasteiger partial charge in [0.1, 0.15) is 10.0 Å². The van der Waals surface area contributed by atoms with E-state index in [0.717, 1.165) is 34.2 Å². The Balaban J connectivity index is 1.61. The summed E-state index contributed by atoms with van der Waals surface area (Å²) < 4.78 is 0. The Kier molecular flexibility index (Phi) is 5.83. The highest BCUT2D eigenvalue weighted by molar-refractivity contribution is 7.15. The fourth-order valence-corrected chi connectivity index (χ4v) is 4.23. The summed E-state index contributed by atoms with van der Waals surface area (Å²) in [6.07, 6.45) is 3.99. The number of thiazole rings is 1. The normalized spacial score (nSPS) is 11.0. The summed E-state index contributed by atoms with van der Waals surface area (Å²) in [6, 6.07) is 5.69. The molecule has 1 amide bonds. The second-order valence-corrected chi connectivity index (χ2v) is 7.41. The van der Waals surface area contributed by atoms with Gasteiger partial charge >= 0.3 is 0 Å². The van der Waals surface area contributed by atoms with Gasteiger partial charge in [0.25, 0.3) is 0 Å². The van der Waals surface area contributed by atoms with Crippen LogP contribution in [0, 0.1) is 0 Å². The van der Waals surface area contributed by atoms with Gasteiger partial charge in [0.05, 0.1) is 17.8 Å². The van der Waals surface area contributed by atoms with Crippen LogP contribution in [0.25, 0.3) is 10.7 Å². The third kappa shape index (κ3) is 4.46. The van der Waals surface area contributed by atoms with Gasteiger partial charge in [0.2, 0.25) is 11.0 Å². The van der Waals surface area contributed by atoms with Crippen LogP contribution in [0.1, 0.15) is 43.3 Å². The summed E-state index contributed by atoms with van der Waals surface area (Å²) >= 11 is 2.94. The van der Waals surface area contributed by atoms with Crippen molar-refractivity contribution in [3.63, 3.8) is 0 Å². The van der Waals surface area contributed by atoms with Crippen LogP contribution in [0.15, 0.2) is 29.8 Å². The zero-order valence-corrected chi connectivity index (χ0v) is 15.7. The third-order valence-electron chi connectivity index (χ3n) is 3.80. The van der Waals surface area contributed by atoms with Gasteiger partial charge in [-0.1, -0.05) is 31.3 Å². The Hall–Kier alpha value is -2.19. The smallest absolute Gasteiger partial charge is 0.232 e. The molecular formula is C17H19N5OS2. The number of hydrogen-bond donors (Lipinski definition) is 1. The van der Waals surface area contributed by atoms with Gasteiger partial charge in [-0.15, -0.1) is 21.5 Å². The Labute approximate surface area is 154 Å². The molecule has 0 saturated carbocycles. The standard InChI is InChI=1S/C17H19N5OS2/c1-3-11(4-2)15-21-22-17(25-15)20-14(23)9-12-10-24-16(19-12)13-7-5-6-8-18-13/h5-8,10-11H,3-4,9H2,1-2H3,(H,20,22,23). The van der Waals surface area contributed by atoms with Gasteiger partial charge in [-0.2, -0.15) is 0 Å². The van der Waals surface area contributed by atoms with Crippen molar-refractivity contribution in [1.29, 1.82) is 0 Å². The average molecular weight is 374 g/mol. The van der Waals surface area contributed by atoms with Crippen LogP contribution in [-0.2, 0) is 11.2 Å². The molecule has 3 aromatic heterocycles. The maximum Gasteiger partial charge on any atom is 0.232 e. The topological polar surface area (TPSA) is 80.7 Å². The summed E-state index contributed by atoms with van der Waals surface area (Å²) in [7, 11) is 0. The molecule has 8 heteroatoms. The van der Waals surface area contributed by atoms with Gasteiger partial charge in [-0.3, -0.25) is 9.78 Å². The lowest BCUT2D eigenvalue weighted by molar-refractivity contribution is -0.115. The van der Waals surface area contributed by atoms with Crippen LogP contribution in [-0.4, -0.2) is 26.1 Å². The number of carbonyl (C=O) groups excluding carboxylic acids is 1. The molecule has 3 heterocycles. The number of hydrogen-bond acceptors (Lipinski definition) is 7. The van der Waals surface area contributed by atoms with Gasteiger partial charge in [0.15, 0.2) is 0 Å². The van der Waals surface area contributed by atoms with Crippen LogP contribution >= 0.6 is 22.7 Å². The fourth-order valence-electron chi connectivity index (χ4n) is 2.41. The number of amides is 1. The van der Waals surface area contributed by atoms with Gasteiger partial charge in [0, 0.05) is 17.5 Å². The second-order valence-electron chi connectivity index (χ2n) is 5.54. The van der Waals surface area contributed by atoms with Gasteiger partial charge in [-0.05, 0) is 25.0 Å². The van der Waals surface area contributed by atoms with E-state index < -0.39 is 0 Å². The molecule has 3 rings (SSSR count). The number of nitrogens with one attached hydrogen (secondary N) is 1. The minimum atomic E-state index is -0.134. The van der Waals surface area contributed by atoms with Crippen LogP contribution in [0.5, 0.6) is 0 Å². The SMILES string of the molecule is CCC(CC)c1nnc(NC(=O)Cc2csc(-c3ccccn3)n2)s1. The molecule has 6 nitrogen and oxygen atoms in total. The highest BCUT2D eigenvalue weighted by Crippen LogP contribution is 2.28. The molecule has 0 aliphatic rings. The minimum absolute atomic E-state index is 0.134. The Morgan fingerprint density at radius 1 is 1.24 bits per heavy atom. The number of carbonyl (C=O) groups is 1. The number of anilines is 1. The zero-order chi connectivity index (χ0) is 17.6. The highest BCUT2D eigenvalue weighted by Gasteiger charge is 2.15. The number of aromatic nitrogens is 4. The first-order valence-corrected chi connectivity index (χ1v) is 9.88. The molecule has 25 heavy (non-hydrogen) atoms. The van der Waals surface area contributed by atoms with E-state index in [1.54, 1.807) is 6.20 Å². The lowest BCUT2D eigenvalue weighted by Crippen LogP contribution is -2.14. The molecule has 0 radical (unpaired) electrons. The molecular weight excluding hydrogens is 354 g/mol. The van der Waals surface area contributed by atoms with E-state index in [4.69, 9.17) is 0 Å². The monoisotopic (exact) mass is 373 g/mol. The summed E-state index contributed by atoms with van der Waals surface area (Å²) in [5.74, 6) is 0.271. The summed E-state index contributed by atoms with van der Waals surface area (Å²) in [5, 5.41) is 15.3. The van der Waals surface area contributed by atoms with E-state index in [0.29, 0.717) is 11.0 Å². The van der Waals surface area contributed by atoms with Crippen molar-refractivity contribution >= 4 is 33.7 Å². The van der Waals surface area contributed by atoms with Crippen molar-refractivity contribution in [3.8, 4) is 10.7 Å². The lowest BCUT2D eigenvalue weighted by atomic mass is 10.1. The first-order chi connectivity index (χ1) is 12.2. The lowest BCUT2D eigenvalue weighted by Gasteiger charge is -2.05. The van der Waals surface area contributed by atoms with Gasteiger partial charge < -0.3 is 5.32 Å². The Bertz CT molecular complexity index is 826. The van der Waals surface area contributed by atoms with E-state index in [1.807, 2.05) is 23.6 Å². The van der Waals surface area contributed by atoms with E-state index in [-0.39, 0.29) is 12.3 Å². The largest absolute Gasteiger partial charge is 0.300 e. The van der Waals surface area contributed by atoms with E-state index in [9.17, 15) is 4.79 Å². The van der Waals surface area contributed by atoms with Crippen molar-refractivity contribution in [2.45, 2.75) is 39.0 Å². The molecule has 0 spiro atoms. The first kappa shape index (κ1) is 17.6. The predicted octanol–water partition coefficient (Wildman–Crippen LogP) is 4.14. The van der Waals surface area contributed by atoms with Crippen molar-refractivity contribution in [3.05, 3.63) is 40.5 Å². The van der Waals surface area contributed by atoms with Gasteiger partial charge in [-0.25, -0.2) is 4.98 Å². The maximum absolute atomic E-state index is 12.2. The number of rotatable bonds is 7. The quantitative estimate of drug-likeness (QED) is 0.673. The highest BCUT2D eigenvalue weighted by atomic mass is 32.1. The second kappa shape index (κ2) is 8.26. The van der Waals surface area contributed by atoms with Crippen LogP contribution in [0.2, 0.25) is 0 Å². The predicted molar refractivity (Wildman–Crippen MR) is 101 cm³/mol. The molecule has 0 fully saturated rings. The summed E-state index contributed by atoms with van der Waals surface area (Å²) in [4.78, 5) is 21.0. The van der Waals surface area contributed by atoms with Crippen LogP contribution < -0.4 is 5.32 Å². The van der Waals surface area contributed by atoms with Crippen LogP contribution in [0.4, 0.5) is 5.13 Å². The molecule has 130 valence electrons. The minimum Gasteiger partial charge on any atom is -0.300 e.